The number of nitrogens with zero attached hydrogens (tertiary/aromatic N) is 3. The summed E-state index contributed by atoms with van der Waals surface area (Å²) < 4.78 is 30.2. The van der Waals surface area contributed by atoms with Crippen LogP contribution in [0.1, 0.15) is 28.8 Å². The first-order chi connectivity index (χ1) is 16.6. The first kappa shape index (κ1) is 22.4. The Hall–Kier alpha value is -3.39. The summed E-state index contributed by atoms with van der Waals surface area (Å²) in [5.74, 6) is 1.40. The molecule has 178 valence electrons. The lowest BCUT2D eigenvalue weighted by Crippen LogP contribution is -2.37. The molecule has 2 heterocycles. The van der Waals surface area contributed by atoms with Crippen molar-refractivity contribution in [1.82, 2.24) is 10.1 Å². The predicted octanol–water partition coefficient (Wildman–Crippen LogP) is 4.38. The van der Waals surface area contributed by atoms with Gasteiger partial charge in [0, 0.05) is 30.8 Å². The maximum absolute atomic E-state index is 13.6. The Kier molecular flexibility index (Phi) is 6.49. The van der Waals surface area contributed by atoms with Crippen molar-refractivity contribution in [3.8, 4) is 17.0 Å². The summed E-state index contributed by atoms with van der Waals surface area (Å²) in [6, 6.07) is 13.4. The summed E-state index contributed by atoms with van der Waals surface area (Å²) in [4.78, 5) is 17.6. The number of methoxy groups -OCH3 is 1. The quantitative estimate of drug-likeness (QED) is 0.492. The molecule has 8 heteroatoms. The molecule has 2 aromatic carbocycles. The van der Waals surface area contributed by atoms with Crippen molar-refractivity contribution in [2.24, 2.45) is 5.92 Å². The minimum absolute atomic E-state index is 0.0648. The van der Waals surface area contributed by atoms with Gasteiger partial charge in [-0.25, -0.2) is 4.39 Å². The van der Waals surface area contributed by atoms with Crippen LogP contribution in [0.4, 0.5) is 10.3 Å². The van der Waals surface area contributed by atoms with Gasteiger partial charge in [-0.1, -0.05) is 11.2 Å². The van der Waals surface area contributed by atoms with E-state index in [0.29, 0.717) is 68.2 Å². The highest BCUT2D eigenvalue weighted by atomic mass is 19.1. The lowest BCUT2D eigenvalue weighted by molar-refractivity contribution is 0.0734. The molecule has 1 amide bonds. The molecule has 1 aromatic heterocycles. The maximum Gasteiger partial charge on any atom is 0.254 e. The second kappa shape index (κ2) is 9.85. The molecule has 1 saturated heterocycles. The molecule has 7 nitrogen and oxygen atoms in total. The molecular weight excluding hydrogens is 437 g/mol. The third-order valence-electron chi connectivity index (χ3n) is 6.31. The second-order valence-corrected chi connectivity index (χ2v) is 8.78. The second-order valence-electron chi connectivity index (χ2n) is 8.78. The van der Waals surface area contributed by atoms with Crippen molar-refractivity contribution in [3.63, 3.8) is 0 Å². The van der Waals surface area contributed by atoms with E-state index in [-0.39, 0.29) is 11.7 Å². The number of benzene rings is 2. The third-order valence-corrected chi connectivity index (χ3v) is 6.31. The highest BCUT2D eigenvalue weighted by Gasteiger charge is 2.31. The van der Waals surface area contributed by atoms with Crippen LogP contribution in [0.2, 0.25) is 0 Å². The molecule has 3 aromatic rings. The Morgan fingerprint density at radius 3 is 2.65 bits per heavy atom. The van der Waals surface area contributed by atoms with E-state index < -0.39 is 0 Å². The summed E-state index contributed by atoms with van der Waals surface area (Å²) >= 11 is 0. The number of amides is 1. The van der Waals surface area contributed by atoms with Crippen LogP contribution in [0, 0.1) is 11.7 Å². The molecule has 34 heavy (non-hydrogen) atoms. The molecule has 0 N–H and O–H groups in total. The number of aromatic nitrogens is 1. The van der Waals surface area contributed by atoms with E-state index in [1.807, 2.05) is 23.1 Å². The molecule has 0 spiro atoms. The van der Waals surface area contributed by atoms with Crippen LogP contribution >= 0.6 is 0 Å². The van der Waals surface area contributed by atoms with Gasteiger partial charge in [0.25, 0.3) is 5.91 Å². The molecule has 0 unspecified atom stereocenters. The van der Waals surface area contributed by atoms with E-state index in [1.54, 1.807) is 25.3 Å². The standard InChI is InChI=1S/C26H28FN3O4/c1-32-22-4-2-3-20(15-22)25(31)30(16-18-5-6-18)17-23-24(19-7-9-21(27)10-8-19)28-34-26(23)29-11-13-33-14-12-29/h2-4,7-10,15,18H,5-6,11-14,16-17H2,1H3. The zero-order valence-corrected chi connectivity index (χ0v) is 19.2. The van der Waals surface area contributed by atoms with E-state index in [9.17, 15) is 9.18 Å². The SMILES string of the molecule is COc1cccc(C(=O)N(Cc2c(-c3ccc(F)cc3)noc2N2CCOCC2)CC2CC2)c1. The smallest absolute Gasteiger partial charge is 0.254 e. The number of hydrogen-bond donors (Lipinski definition) is 0. The van der Waals surface area contributed by atoms with Gasteiger partial charge < -0.3 is 23.8 Å². The molecule has 0 radical (unpaired) electrons. The topological polar surface area (TPSA) is 68.0 Å². The number of rotatable bonds is 8. The van der Waals surface area contributed by atoms with Crippen LogP contribution < -0.4 is 9.64 Å². The monoisotopic (exact) mass is 465 g/mol. The number of morpholine rings is 1. The van der Waals surface area contributed by atoms with Crippen LogP contribution in [-0.4, -0.2) is 55.9 Å². The molecule has 0 atom stereocenters. The van der Waals surface area contributed by atoms with Crippen molar-refractivity contribution >= 4 is 11.8 Å². The van der Waals surface area contributed by atoms with E-state index in [4.69, 9.17) is 14.0 Å². The zero-order valence-electron chi connectivity index (χ0n) is 19.2. The van der Waals surface area contributed by atoms with Crippen molar-refractivity contribution < 1.29 is 23.2 Å². The summed E-state index contributed by atoms with van der Waals surface area (Å²) in [6.07, 6.45) is 2.24. The Morgan fingerprint density at radius 2 is 1.94 bits per heavy atom. The van der Waals surface area contributed by atoms with E-state index in [0.717, 1.165) is 24.0 Å². The van der Waals surface area contributed by atoms with E-state index in [2.05, 4.69) is 10.1 Å². The highest BCUT2D eigenvalue weighted by Crippen LogP contribution is 2.36. The largest absolute Gasteiger partial charge is 0.497 e. The predicted molar refractivity (Wildman–Crippen MR) is 125 cm³/mol. The Labute approximate surface area is 198 Å². The minimum atomic E-state index is -0.314. The van der Waals surface area contributed by atoms with E-state index in [1.165, 1.54) is 12.1 Å². The summed E-state index contributed by atoms with van der Waals surface area (Å²) in [6.45, 7) is 3.55. The van der Waals surface area contributed by atoms with Crippen molar-refractivity contribution in [2.45, 2.75) is 19.4 Å². The molecule has 2 aliphatic rings. The highest BCUT2D eigenvalue weighted by molar-refractivity contribution is 5.94. The third kappa shape index (κ3) is 4.92. The summed E-state index contributed by atoms with van der Waals surface area (Å²) in [7, 11) is 1.59. The van der Waals surface area contributed by atoms with E-state index >= 15 is 0 Å². The van der Waals surface area contributed by atoms with Crippen molar-refractivity contribution in [1.29, 1.82) is 0 Å². The fourth-order valence-electron chi connectivity index (χ4n) is 4.25. The first-order valence-electron chi connectivity index (χ1n) is 11.6. The molecule has 0 bridgehead atoms. The van der Waals surface area contributed by atoms with Crippen LogP contribution in [0.25, 0.3) is 11.3 Å². The average molecular weight is 466 g/mol. The molecule has 1 aliphatic heterocycles. The Bertz CT molecular complexity index is 1140. The van der Waals surface area contributed by atoms with Gasteiger partial charge in [-0.2, -0.15) is 0 Å². The van der Waals surface area contributed by atoms with Crippen LogP contribution in [0.3, 0.4) is 0 Å². The van der Waals surface area contributed by atoms with Gasteiger partial charge in [0.1, 0.15) is 17.3 Å². The number of halogens is 1. The Balaban J connectivity index is 1.51. The van der Waals surface area contributed by atoms with Crippen LogP contribution in [0.5, 0.6) is 5.75 Å². The van der Waals surface area contributed by atoms with Crippen LogP contribution in [0.15, 0.2) is 53.1 Å². The molecule has 2 fully saturated rings. The van der Waals surface area contributed by atoms with Gasteiger partial charge in [-0.15, -0.1) is 0 Å². The average Bonchev–Trinajstić information content (AvgIpc) is 3.61. The van der Waals surface area contributed by atoms with Gasteiger partial charge in [-0.05, 0) is 61.2 Å². The number of carbonyl (C=O) groups is 1. The van der Waals surface area contributed by atoms with Gasteiger partial charge in [0.05, 0.1) is 32.4 Å². The number of anilines is 1. The van der Waals surface area contributed by atoms with Crippen molar-refractivity contribution in [2.75, 3.05) is 44.9 Å². The fraction of sp³-hybridized carbons (Fsp3) is 0.385. The van der Waals surface area contributed by atoms with Gasteiger partial charge in [0.15, 0.2) is 0 Å². The minimum Gasteiger partial charge on any atom is -0.497 e. The Morgan fingerprint density at radius 1 is 1.18 bits per heavy atom. The molecule has 1 saturated carbocycles. The number of hydrogen-bond acceptors (Lipinski definition) is 6. The lowest BCUT2D eigenvalue weighted by Gasteiger charge is -2.28. The van der Waals surface area contributed by atoms with Gasteiger partial charge in [-0.3, -0.25) is 4.79 Å². The molecular formula is C26H28FN3O4. The fourth-order valence-corrected chi connectivity index (χ4v) is 4.25. The summed E-state index contributed by atoms with van der Waals surface area (Å²) in [5, 5.41) is 4.36. The number of ether oxygens (including phenoxy) is 2. The van der Waals surface area contributed by atoms with Gasteiger partial charge >= 0.3 is 0 Å². The first-order valence-corrected chi connectivity index (χ1v) is 11.6. The lowest BCUT2D eigenvalue weighted by atomic mass is 10.1. The maximum atomic E-state index is 13.6. The van der Waals surface area contributed by atoms with Crippen molar-refractivity contribution in [3.05, 3.63) is 65.5 Å². The summed E-state index contributed by atoms with van der Waals surface area (Å²) in [5.41, 5.74) is 2.78. The number of carbonyl (C=O) groups excluding carboxylic acids is 1. The zero-order chi connectivity index (χ0) is 23.5. The van der Waals surface area contributed by atoms with Gasteiger partial charge in [0.2, 0.25) is 5.88 Å². The molecule has 5 rings (SSSR count). The normalized spacial score (nSPS) is 15.9. The molecule has 1 aliphatic carbocycles. The van der Waals surface area contributed by atoms with Crippen LogP contribution in [-0.2, 0) is 11.3 Å².